The van der Waals surface area contributed by atoms with Gasteiger partial charge in [0.25, 0.3) is 0 Å². The van der Waals surface area contributed by atoms with Crippen molar-refractivity contribution in [3.8, 4) is 0 Å². The molecule has 0 radical (unpaired) electrons. The lowest BCUT2D eigenvalue weighted by molar-refractivity contribution is -0.141. The van der Waals surface area contributed by atoms with E-state index in [0.717, 1.165) is 16.6 Å². The van der Waals surface area contributed by atoms with Crippen molar-refractivity contribution in [1.29, 1.82) is 0 Å². The Hall–Kier alpha value is -2.41. The number of hydrogen-bond acceptors (Lipinski definition) is 4. The highest BCUT2D eigenvalue weighted by Crippen LogP contribution is 2.52. The zero-order chi connectivity index (χ0) is 21.8. The summed E-state index contributed by atoms with van der Waals surface area (Å²) in [5, 5.41) is 8.90. The minimum absolute atomic E-state index is 0.00301. The van der Waals surface area contributed by atoms with E-state index in [2.05, 4.69) is 29.5 Å². The van der Waals surface area contributed by atoms with Crippen molar-refractivity contribution in [1.82, 2.24) is 20.0 Å². The number of carbonyl (C=O) groups excluding carboxylic acids is 2. The molecular weight excluding hydrogens is 380 g/mol. The summed E-state index contributed by atoms with van der Waals surface area (Å²) >= 11 is 0. The van der Waals surface area contributed by atoms with E-state index in [1.807, 2.05) is 50.4 Å². The number of piperidine rings is 1. The molecule has 30 heavy (non-hydrogen) atoms. The van der Waals surface area contributed by atoms with E-state index in [1.54, 1.807) is 0 Å². The van der Waals surface area contributed by atoms with Gasteiger partial charge in [0.1, 0.15) is 6.61 Å². The van der Waals surface area contributed by atoms with Crippen LogP contribution in [0.15, 0.2) is 18.2 Å². The Morgan fingerprint density at radius 1 is 1.27 bits per heavy atom. The summed E-state index contributed by atoms with van der Waals surface area (Å²) < 4.78 is 7.48. The lowest BCUT2D eigenvalue weighted by Crippen LogP contribution is -2.38. The van der Waals surface area contributed by atoms with Crippen molar-refractivity contribution in [3.63, 3.8) is 0 Å². The van der Waals surface area contributed by atoms with Gasteiger partial charge in [-0.25, -0.2) is 0 Å². The smallest absolute Gasteiger partial charge is 0.248 e. The average Bonchev–Trinajstić information content (AvgIpc) is 2.98. The SMILES string of the molecule is Cc1cccc2c(C(C)NC(=O)C3C4CN(C(=O)COC(C)(C)C)CC43)nn(C)c12. The predicted octanol–water partition coefficient (Wildman–Crippen LogP) is 2.58. The van der Waals surface area contributed by atoms with Crippen LogP contribution in [-0.2, 0) is 21.4 Å². The van der Waals surface area contributed by atoms with Crippen molar-refractivity contribution in [2.75, 3.05) is 19.7 Å². The fourth-order valence-electron chi connectivity index (χ4n) is 4.75. The highest BCUT2D eigenvalue weighted by Gasteiger charge is 2.60. The second kappa shape index (κ2) is 7.38. The Balaban J connectivity index is 1.34. The Kier molecular flexibility index (Phi) is 5.12. The number of aryl methyl sites for hydroxylation is 2. The van der Waals surface area contributed by atoms with Gasteiger partial charge in [0.15, 0.2) is 0 Å². The summed E-state index contributed by atoms with van der Waals surface area (Å²) in [6, 6.07) is 5.99. The first-order chi connectivity index (χ1) is 14.1. The van der Waals surface area contributed by atoms with Crippen LogP contribution < -0.4 is 5.32 Å². The molecule has 1 N–H and O–H groups in total. The maximum Gasteiger partial charge on any atom is 0.248 e. The third kappa shape index (κ3) is 3.83. The quantitative estimate of drug-likeness (QED) is 0.819. The second-order valence-corrected chi connectivity index (χ2v) is 9.76. The molecule has 0 bridgehead atoms. The maximum atomic E-state index is 12.9. The number of nitrogens with zero attached hydrogens (tertiary/aromatic N) is 3. The molecule has 7 heteroatoms. The van der Waals surface area contributed by atoms with Crippen LogP contribution >= 0.6 is 0 Å². The molecule has 2 heterocycles. The first-order valence-corrected chi connectivity index (χ1v) is 10.7. The summed E-state index contributed by atoms with van der Waals surface area (Å²) in [6.07, 6.45) is 0. The fourth-order valence-corrected chi connectivity index (χ4v) is 4.75. The monoisotopic (exact) mass is 412 g/mol. The van der Waals surface area contributed by atoms with Crippen molar-refractivity contribution in [3.05, 3.63) is 29.5 Å². The Labute approximate surface area is 177 Å². The molecule has 3 unspecified atom stereocenters. The minimum Gasteiger partial charge on any atom is -0.366 e. The van der Waals surface area contributed by atoms with Gasteiger partial charge in [0, 0.05) is 31.4 Å². The second-order valence-electron chi connectivity index (χ2n) is 9.76. The van der Waals surface area contributed by atoms with Crippen LogP contribution in [0.25, 0.3) is 10.9 Å². The molecule has 2 fully saturated rings. The number of hydrogen-bond donors (Lipinski definition) is 1. The van der Waals surface area contributed by atoms with E-state index < -0.39 is 0 Å². The third-order valence-corrected chi connectivity index (χ3v) is 6.34. The van der Waals surface area contributed by atoms with Crippen molar-refractivity contribution >= 4 is 22.7 Å². The van der Waals surface area contributed by atoms with Crippen molar-refractivity contribution in [2.45, 2.75) is 46.3 Å². The lowest BCUT2D eigenvalue weighted by Gasteiger charge is -2.24. The van der Waals surface area contributed by atoms with Crippen LogP contribution in [0.3, 0.4) is 0 Å². The van der Waals surface area contributed by atoms with Gasteiger partial charge in [-0.1, -0.05) is 18.2 Å². The lowest BCUT2D eigenvalue weighted by atomic mass is 10.1. The number of ether oxygens (including phenoxy) is 1. The van der Waals surface area contributed by atoms with Crippen LogP contribution in [0.5, 0.6) is 0 Å². The molecule has 1 aliphatic carbocycles. The van der Waals surface area contributed by atoms with Gasteiger partial charge in [0.05, 0.1) is 22.9 Å². The summed E-state index contributed by atoms with van der Waals surface area (Å²) in [5.41, 5.74) is 2.84. The molecule has 2 amide bonds. The Morgan fingerprint density at radius 3 is 2.57 bits per heavy atom. The van der Waals surface area contributed by atoms with E-state index in [4.69, 9.17) is 4.74 Å². The molecule has 162 valence electrons. The number of nitrogens with one attached hydrogen (secondary N) is 1. The predicted molar refractivity (Wildman–Crippen MR) is 115 cm³/mol. The first-order valence-electron chi connectivity index (χ1n) is 10.7. The van der Waals surface area contributed by atoms with Crippen LogP contribution in [0.4, 0.5) is 0 Å². The number of aromatic nitrogens is 2. The molecule has 4 rings (SSSR count). The largest absolute Gasteiger partial charge is 0.366 e. The van der Waals surface area contributed by atoms with E-state index in [1.165, 1.54) is 5.56 Å². The van der Waals surface area contributed by atoms with Gasteiger partial charge in [-0.15, -0.1) is 0 Å². The zero-order valence-electron chi connectivity index (χ0n) is 18.7. The standard InChI is InChI=1S/C23H32N4O3/c1-13-8-7-9-15-20(25-26(6)21(13)15)14(2)24-22(29)19-16-10-27(11-17(16)19)18(28)12-30-23(3,4)5/h7-9,14,16-17,19H,10-12H2,1-6H3,(H,24,29). The topological polar surface area (TPSA) is 76.5 Å². The van der Waals surface area contributed by atoms with Gasteiger partial charge < -0.3 is 15.0 Å². The van der Waals surface area contributed by atoms with Gasteiger partial charge >= 0.3 is 0 Å². The molecule has 0 spiro atoms. The number of rotatable bonds is 5. The number of carbonyl (C=O) groups is 2. The molecule has 7 nitrogen and oxygen atoms in total. The van der Waals surface area contributed by atoms with Crippen LogP contribution in [-0.4, -0.2) is 51.8 Å². The summed E-state index contributed by atoms with van der Waals surface area (Å²) in [5.74, 6) is 0.607. The van der Waals surface area contributed by atoms with Crippen molar-refractivity contribution < 1.29 is 14.3 Å². The van der Waals surface area contributed by atoms with Gasteiger partial charge in [0.2, 0.25) is 11.8 Å². The molecule has 1 aliphatic heterocycles. The molecule has 1 saturated carbocycles. The molecule has 2 aliphatic rings. The minimum atomic E-state index is -0.328. The first kappa shape index (κ1) is 20.8. The maximum absolute atomic E-state index is 12.9. The van der Waals surface area contributed by atoms with Crippen LogP contribution in [0.2, 0.25) is 0 Å². The van der Waals surface area contributed by atoms with E-state index in [-0.39, 0.29) is 47.8 Å². The highest BCUT2D eigenvalue weighted by molar-refractivity contribution is 5.87. The summed E-state index contributed by atoms with van der Waals surface area (Å²) in [6.45, 7) is 11.3. The van der Waals surface area contributed by atoms with Crippen LogP contribution in [0.1, 0.15) is 45.0 Å². The highest BCUT2D eigenvalue weighted by atomic mass is 16.5. The van der Waals surface area contributed by atoms with E-state index in [9.17, 15) is 9.59 Å². The molecule has 2 aromatic rings. The normalized spacial score (nSPS) is 24.1. The molecule has 1 aromatic heterocycles. The summed E-state index contributed by atoms with van der Waals surface area (Å²) in [4.78, 5) is 27.1. The van der Waals surface area contributed by atoms with Crippen molar-refractivity contribution in [2.24, 2.45) is 24.8 Å². The molecule has 1 saturated heterocycles. The molecule has 3 atom stereocenters. The number of amides is 2. The number of benzene rings is 1. The van der Waals surface area contributed by atoms with E-state index in [0.29, 0.717) is 13.1 Å². The van der Waals surface area contributed by atoms with Gasteiger partial charge in [-0.2, -0.15) is 5.10 Å². The molecular formula is C23H32N4O3. The number of fused-ring (bicyclic) bond motifs is 2. The number of likely N-dealkylation sites (tertiary alicyclic amines) is 1. The van der Waals surface area contributed by atoms with Gasteiger partial charge in [-0.3, -0.25) is 14.3 Å². The zero-order valence-corrected chi connectivity index (χ0v) is 18.7. The van der Waals surface area contributed by atoms with Gasteiger partial charge in [-0.05, 0) is 52.0 Å². The Morgan fingerprint density at radius 2 is 1.93 bits per heavy atom. The summed E-state index contributed by atoms with van der Waals surface area (Å²) in [7, 11) is 1.94. The van der Waals surface area contributed by atoms with E-state index >= 15 is 0 Å². The average molecular weight is 413 g/mol. The molecule has 1 aromatic carbocycles. The third-order valence-electron chi connectivity index (χ3n) is 6.34. The number of para-hydroxylation sites is 1. The van der Waals surface area contributed by atoms with Crippen LogP contribution in [0, 0.1) is 24.7 Å². The Bertz CT molecular complexity index is 978. The fraction of sp³-hybridized carbons (Fsp3) is 0.609.